The second-order valence-electron chi connectivity index (χ2n) is 3.83. The van der Waals surface area contributed by atoms with Crippen molar-refractivity contribution in [2.24, 2.45) is 5.16 Å². The molecular weight excluding hydrogens is 262 g/mol. The molecule has 21 heavy (non-hydrogen) atoms. The summed E-state index contributed by atoms with van der Waals surface area (Å²) in [6.45, 7) is 8.00. The average molecular weight is 285 g/mol. The van der Waals surface area contributed by atoms with Gasteiger partial charge < -0.3 is 4.84 Å². The Morgan fingerprint density at radius 2 is 1.67 bits per heavy atom. The van der Waals surface area contributed by atoms with Crippen LogP contribution in [0.15, 0.2) is 54.1 Å². The molecule has 0 N–H and O–H groups in total. The van der Waals surface area contributed by atoms with Crippen LogP contribution in [0.4, 0.5) is 0 Å². The van der Waals surface area contributed by atoms with Gasteiger partial charge in [0.2, 0.25) is 0 Å². The Labute approximate surface area is 126 Å². The van der Waals surface area contributed by atoms with E-state index in [1.165, 1.54) is 0 Å². The maximum atomic E-state index is 5.41. The molecule has 3 heterocycles. The van der Waals surface area contributed by atoms with Crippen molar-refractivity contribution < 1.29 is 4.84 Å². The maximum Gasteiger partial charge on any atom is 0.174 e. The van der Waals surface area contributed by atoms with Crippen molar-refractivity contribution in [3.63, 3.8) is 0 Å². The summed E-state index contributed by atoms with van der Waals surface area (Å²) in [6, 6.07) is 9.67. The van der Waals surface area contributed by atoms with Crippen LogP contribution < -0.4 is 0 Å². The first kappa shape index (κ1) is 16.8. The topological polar surface area (TPSA) is 47.4 Å². The number of rotatable bonds is 2. The molecule has 0 radical (unpaired) electrons. The highest BCUT2D eigenvalue weighted by Gasteiger charge is 2.24. The van der Waals surface area contributed by atoms with Crippen LogP contribution >= 0.6 is 0 Å². The van der Waals surface area contributed by atoms with Gasteiger partial charge in [0.25, 0.3) is 0 Å². The lowest BCUT2D eigenvalue weighted by molar-refractivity contribution is 0.0826. The van der Waals surface area contributed by atoms with E-state index in [1.54, 1.807) is 18.6 Å². The van der Waals surface area contributed by atoms with Crippen molar-refractivity contribution in [2.75, 3.05) is 0 Å². The van der Waals surface area contributed by atoms with Crippen LogP contribution in [0.1, 0.15) is 51.5 Å². The van der Waals surface area contributed by atoms with E-state index in [2.05, 4.69) is 15.1 Å². The van der Waals surface area contributed by atoms with E-state index >= 15 is 0 Å². The highest BCUT2D eigenvalue weighted by Crippen LogP contribution is 2.27. The van der Waals surface area contributed by atoms with E-state index < -0.39 is 0 Å². The molecule has 0 saturated heterocycles. The molecule has 0 amide bonds. The summed E-state index contributed by atoms with van der Waals surface area (Å²) in [6.07, 6.45) is 5.96. The summed E-state index contributed by atoms with van der Waals surface area (Å²) in [5.41, 5.74) is 2.92. The minimum Gasteiger partial charge on any atom is -0.385 e. The van der Waals surface area contributed by atoms with Crippen molar-refractivity contribution >= 4 is 5.71 Å². The van der Waals surface area contributed by atoms with Gasteiger partial charge in [-0.15, -0.1) is 0 Å². The first-order valence-corrected chi connectivity index (χ1v) is 7.47. The smallest absolute Gasteiger partial charge is 0.174 e. The Hall–Kier alpha value is -2.23. The number of aromatic nitrogens is 2. The SMILES string of the molecule is CC.CC.c1ccc(C2CC(c3ccncc3)=NO2)nc1. The minimum atomic E-state index is -0.0700. The number of pyridine rings is 2. The van der Waals surface area contributed by atoms with Crippen molar-refractivity contribution in [2.45, 2.75) is 40.2 Å². The van der Waals surface area contributed by atoms with Gasteiger partial charge in [0.15, 0.2) is 6.10 Å². The van der Waals surface area contributed by atoms with E-state index in [4.69, 9.17) is 4.84 Å². The number of oxime groups is 1. The fourth-order valence-electron chi connectivity index (χ4n) is 1.82. The van der Waals surface area contributed by atoms with Crippen LogP contribution in [0.2, 0.25) is 0 Å². The second kappa shape index (κ2) is 9.64. The Morgan fingerprint density at radius 3 is 2.29 bits per heavy atom. The maximum absolute atomic E-state index is 5.41. The molecule has 112 valence electrons. The zero-order valence-electron chi connectivity index (χ0n) is 13.2. The van der Waals surface area contributed by atoms with E-state index in [1.807, 2.05) is 58.0 Å². The third kappa shape index (κ3) is 4.67. The highest BCUT2D eigenvalue weighted by atomic mass is 16.6. The molecule has 0 bridgehead atoms. The molecule has 0 aromatic carbocycles. The summed E-state index contributed by atoms with van der Waals surface area (Å²) in [5, 5.41) is 4.11. The van der Waals surface area contributed by atoms with E-state index in [9.17, 15) is 0 Å². The molecule has 0 spiro atoms. The van der Waals surface area contributed by atoms with Gasteiger partial charge in [-0.05, 0) is 24.3 Å². The molecule has 0 saturated carbocycles. The predicted molar refractivity (Wildman–Crippen MR) is 86.2 cm³/mol. The minimum absolute atomic E-state index is 0.0700. The molecule has 1 unspecified atom stereocenters. The van der Waals surface area contributed by atoms with Crippen molar-refractivity contribution in [3.8, 4) is 0 Å². The van der Waals surface area contributed by atoms with Crippen LogP contribution in [-0.2, 0) is 4.84 Å². The molecular formula is C17H23N3O. The Balaban J connectivity index is 0.000000510. The fraction of sp³-hybridized carbons (Fsp3) is 0.353. The van der Waals surface area contributed by atoms with Crippen LogP contribution in [-0.4, -0.2) is 15.7 Å². The van der Waals surface area contributed by atoms with E-state index in [-0.39, 0.29) is 6.10 Å². The Kier molecular flexibility index (Phi) is 7.72. The standard InChI is InChI=1S/C13H11N3O.2C2H6/c1-2-6-15-11(3-1)13-9-12(16-17-13)10-4-7-14-8-5-10;2*1-2/h1-8,13H,9H2;2*1-2H3. The number of nitrogens with zero attached hydrogens (tertiary/aromatic N) is 3. The lowest BCUT2D eigenvalue weighted by Gasteiger charge is -2.06. The van der Waals surface area contributed by atoms with Gasteiger partial charge in [-0.25, -0.2) is 0 Å². The van der Waals surface area contributed by atoms with Gasteiger partial charge in [-0.2, -0.15) is 0 Å². The molecule has 2 aromatic rings. The first-order chi connectivity index (χ1) is 10.4. The van der Waals surface area contributed by atoms with Crippen LogP contribution in [0, 0.1) is 0 Å². The highest BCUT2D eigenvalue weighted by molar-refractivity contribution is 6.01. The van der Waals surface area contributed by atoms with Crippen LogP contribution in [0.25, 0.3) is 0 Å². The van der Waals surface area contributed by atoms with Crippen molar-refractivity contribution in [1.29, 1.82) is 0 Å². The van der Waals surface area contributed by atoms with Crippen molar-refractivity contribution in [1.82, 2.24) is 9.97 Å². The van der Waals surface area contributed by atoms with Gasteiger partial charge >= 0.3 is 0 Å². The number of hydrogen-bond acceptors (Lipinski definition) is 4. The summed E-state index contributed by atoms with van der Waals surface area (Å²) < 4.78 is 0. The summed E-state index contributed by atoms with van der Waals surface area (Å²) in [7, 11) is 0. The van der Waals surface area contributed by atoms with Gasteiger partial charge in [0.1, 0.15) is 0 Å². The van der Waals surface area contributed by atoms with Gasteiger partial charge in [0.05, 0.1) is 11.4 Å². The van der Waals surface area contributed by atoms with E-state index in [0.717, 1.165) is 23.4 Å². The van der Waals surface area contributed by atoms with Crippen LogP contribution in [0.3, 0.4) is 0 Å². The fourth-order valence-corrected chi connectivity index (χ4v) is 1.82. The zero-order valence-corrected chi connectivity index (χ0v) is 13.2. The Bertz CT molecular complexity index is 526. The Morgan fingerprint density at radius 1 is 0.952 bits per heavy atom. The molecule has 1 aliphatic heterocycles. The molecule has 0 fully saturated rings. The molecule has 2 aromatic heterocycles. The summed E-state index contributed by atoms with van der Waals surface area (Å²) in [4.78, 5) is 13.7. The van der Waals surface area contributed by atoms with Crippen LogP contribution in [0.5, 0.6) is 0 Å². The third-order valence-corrected chi connectivity index (χ3v) is 2.70. The molecule has 0 aliphatic carbocycles. The van der Waals surface area contributed by atoms with Crippen molar-refractivity contribution in [3.05, 3.63) is 60.2 Å². The average Bonchev–Trinajstić information content (AvgIpc) is 3.10. The van der Waals surface area contributed by atoms with E-state index in [0.29, 0.717) is 0 Å². The molecule has 1 atom stereocenters. The molecule has 3 rings (SSSR count). The quantitative estimate of drug-likeness (QED) is 0.822. The molecule has 1 aliphatic rings. The molecule has 4 nitrogen and oxygen atoms in total. The van der Waals surface area contributed by atoms with Gasteiger partial charge in [-0.1, -0.05) is 38.9 Å². The zero-order chi connectivity index (χ0) is 15.5. The molecule has 4 heteroatoms. The van der Waals surface area contributed by atoms with Gasteiger partial charge in [-0.3, -0.25) is 9.97 Å². The summed E-state index contributed by atoms with van der Waals surface area (Å²) >= 11 is 0. The first-order valence-electron chi connectivity index (χ1n) is 7.47. The lowest BCUT2D eigenvalue weighted by Crippen LogP contribution is -2.02. The predicted octanol–water partition coefficient (Wildman–Crippen LogP) is 4.39. The second-order valence-corrected chi connectivity index (χ2v) is 3.83. The number of hydrogen-bond donors (Lipinski definition) is 0. The van der Waals surface area contributed by atoms with Gasteiger partial charge in [0, 0.05) is 30.6 Å². The lowest BCUT2D eigenvalue weighted by atomic mass is 10.0. The summed E-state index contributed by atoms with van der Waals surface area (Å²) in [5.74, 6) is 0. The normalized spacial score (nSPS) is 15.6. The monoisotopic (exact) mass is 285 g/mol. The largest absolute Gasteiger partial charge is 0.385 e. The third-order valence-electron chi connectivity index (χ3n) is 2.70.